The Kier molecular flexibility index (Phi) is 30.7. The number of allylic oxidation sites excluding steroid dienone is 10. The minimum absolute atomic E-state index is 0.125. The molecule has 0 heterocycles. The van der Waals surface area contributed by atoms with Crippen molar-refractivity contribution >= 4 is 11.9 Å². The van der Waals surface area contributed by atoms with Gasteiger partial charge in [0.15, 0.2) is 6.10 Å². The van der Waals surface area contributed by atoms with Crippen LogP contribution < -0.4 is 0 Å². The standard InChI is InChI=1S/C39H64O6/c1-4-5-6-7-19-24-29-36(41)30-25-20-15-10-8-9-11-16-21-26-31-38(42)44-34-37(33-40)45-39(43)32-27-22-17-13-12-14-18-23-28-35(2)3/h5-6,8-9,15-16,19-21,24-25,30,35-37,40-41H,4,7,10-14,17-18,22-23,26-29,31-34H2,1-3H3/b6-5-,9-8-,20-15-,21-16-,24-19-,30-25+/t36?,37-/m0/s1. The molecule has 256 valence electrons. The van der Waals surface area contributed by atoms with Gasteiger partial charge in [-0.05, 0) is 50.9 Å². The van der Waals surface area contributed by atoms with E-state index in [0.29, 0.717) is 19.3 Å². The third-order valence-corrected chi connectivity index (χ3v) is 7.04. The molecule has 45 heavy (non-hydrogen) atoms. The fourth-order valence-electron chi connectivity index (χ4n) is 4.38. The Morgan fingerprint density at radius 1 is 0.689 bits per heavy atom. The van der Waals surface area contributed by atoms with Gasteiger partial charge in [-0.3, -0.25) is 9.59 Å². The molecule has 0 bridgehead atoms. The lowest BCUT2D eigenvalue weighted by molar-refractivity contribution is -0.161. The molecule has 6 nitrogen and oxygen atoms in total. The summed E-state index contributed by atoms with van der Waals surface area (Å²) in [5.41, 5.74) is 0. The summed E-state index contributed by atoms with van der Waals surface area (Å²) in [4.78, 5) is 24.1. The summed E-state index contributed by atoms with van der Waals surface area (Å²) in [6.45, 7) is 6.16. The van der Waals surface area contributed by atoms with Gasteiger partial charge in [0, 0.05) is 12.8 Å². The monoisotopic (exact) mass is 628 g/mol. The average molecular weight is 629 g/mol. The minimum atomic E-state index is -0.817. The molecule has 0 spiro atoms. The SMILES string of the molecule is CC/C=C\C/C=C\CC(O)/C=C/C=C\C/C=C\C/C=C\CCC(=O)OC[C@H](CO)OC(=O)CCCCCCCCCCC(C)C. The van der Waals surface area contributed by atoms with Crippen LogP contribution in [-0.2, 0) is 19.1 Å². The van der Waals surface area contributed by atoms with Crippen LogP contribution in [0.3, 0.4) is 0 Å². The molecule has 0 rings (SSSR count). The molecule has 2 N–H and O–H groups in total. The zero-order valence-electron chi connectivity index (χ0n) is 28.6. The lowest BCUT2D eigenvalue weighted by Crippen LogP contribution is -2.28. The molecule has 0 aliphatic rings. The first-order valence-electron chi connectivity index (χ1n) is 17.5. The molecule has 0 fully saturated rings. The molecular weight excluding hydrogens is 564 g/mol. The molecule has 0 aliphatic carbocycles. The molecule has 6 heteroatoms. The first-order valence-corrected chi connectivity index (χ1v) is 17.5. The molecule has 0 amide bonds. The van der Waals surface area contributed by atoms with Gasteiger partial charge in [0.1, 0.15) is 6.61 Å². The highest BCUT2D eigenvalue weighted by Crippen LogP contribution is 2.13. The van der Waals surface area contributed by atoms with Crippen LogP contribution in [0.1, 0.15) is 130 Å². The Balaban J connectivity index is 3.84. The van der Waals surface area contributed by atoms with Gasteiger partial charge in [-0.1, -0.05) is 145 Å². The summed E-state index contributed by atoms with van der Waals surface area (Å²) in [5, 5.41) is 19.4. The lowest BCUT2D eigenvalue weighted by atomic mass is 10.0. The van der Waals surface area contributed by atoms with Crippen LogP contribution in [0.4, 0.5) is 0 Å². The van der Waals surface area contributed by atoms with Crippen molar-refractivity contribution in [3.63, 3.8) is 0 Å². The van der Waals surface area contributed by atoms with Crippen LogP contribution in [0.25, 0.3) is 0 Å². The highest BCUT2D eigenvalue weighted by molar-refractivity contribution is 5.70. The van der Waals surface area contributed by atoms with E-state index in [1.54, 1.807) is 6.08 Å². The van der Waals surface area contributed by atoms with Crippen molar-refractivity contribution in [1.82, 2.24) is 0 Å². The molecule has 0 radical (unpaired) electrons. The summed E-state index contributed by atoms with van der Waals surface area (Å²) in [6, 6.07) is 0. The number of carbonyl (C=O) groups excluding carboxylic acids is 2. The number of esters is 2. The summed E-state index contributed by atoms with van der Waals surface area (Å²) < 4.78 is 10.5. The number of hydrogen-bond donors (Lipinski definition) is 2. The second kappa shape index (κ2) is 32.7. The van der Waals surface area contributed by atoms with E-state index in [1.807, 2.05) is 36.5 Å². The summed E-state index contributed by atoms with van der Waals surface area (Å²) in [5.74, 6) is 0.0636. The van der Waals surface area contributed by atoms with Crippen LogP contribution >= 0.6 is 0 Å². The number of aliphatic hydroxyl groups is 2. The zero-order chi connectivity index (χ0) is 33.2. The Morgan fingerprint density at radius 3 is 1.96 bits per heavy atom. The van der Waals surface area contributed by atoms with Gasteiger partial charge in [0.05, 0.1) is 12.7 Å². The van der Waals surface area contributed by atoms with E-state index in [4.69, 9.17) is 9.47 Å². The molecule has 0 aromatic carbocycles. The van der Waals surface area contributed by atoms with E-state index in [0.717, 1.165) is 50.9 Å². The van der Waals surface area contributed by atoms with Crippen molar-refractivity contribution in [2.75, 3.05) is 13.2 Å². The van der Waals surface area contributed by atoms with Crippen LogP contribution in [0.2, 0.25) is 0 Å². The number of carbonyl (C=O) groups is 2. The van der Waals surface area contributed by atoms with E-state index >= 15 is 0 Å². The van der Waals surface area contributed by atoms with Crippen LogP contribution in [0.5, 0.6) is 0 Å². The number of ether oxygens (including phenoxy) is 2. The zero-order valence-corrected chi connectivity index (χ0v) is 28.6. The highest BCUT2D eigenvalue weighted by Gasteiger charge is 2.15. The summed E-state index contributed by atoms with van der Waals surface area (Å²) in [6.07, 6.45) is 38.6. The molecule has 0 aromatic heterocycles. The largest absolute Gasteiger partial charge is 0.462 e. The highest BCUT2D eigenvalue weighted by atomic mass is 16.6. The van der Waals surface area contributed by atoms with E-state index in [2.05, 4.69) is 51.2 Å². The minimum Gasteiger partial charge on any atom is -0.462 e. The molecule has 0 aromatic rings. The van der Waals surface area contributed by atoms with Gasteiger partial charge in [0.2, 0.25) is 0 Å². The van der Waals surface area contributed by atoms with Gasteiger partial charge in [0.25, 0.3) is 0 Å². The summed E-state index contributed by atoms with van der Waals surface area (Å²) >= 11 is 0. The smallest absolute Gasteiger partial charge is 0.306 e. The van der Waals surface area contributed by atoms with Gasteiger partial charge in [-0.15, -0.1) is 0 Å². The Hall–Kier alpha value is -2.70. The van der Waals surface area contributed by atoms with E-state index in [-0.39, 0.29) is 31.6 Å². The van der Waals surface area contributed by atoms with Gasteiger partial charge in [-0.2, -0.15) is 0 Å². The molecule has 1 unspecified atom stereocenters. The molecule has 2 atom stereocenters. The quantitative estimate of drug-likeness (QED) is 0.0371. The third-order valence-electron chi connectivity index (χ3n) is 7.04. The van der Waals surface area contributed by atoms with Crippen molar-refractivity contribution in [2.24, 2.45) is 5.92 Å². The van der Waals surface area contributed by atoms with Crippen molar-refractivity contribution in [2.45, 2.75) is 142 Å². The molecule has 0 saturated heterocycles. The Labute approximate surface area is 275 Å². The maximum Gasteiger partial charge on any atom is 0.306 e. The second-order valence-corrected chi connectivity index (χ2v) is 11.9. The van der Waals surface area contributed by atoms with Crippen LogP contribution in [0.15, 0.2) is 72.9 Å². The first kappa shape index (κ1) is 42.3. The van der Waals surface area contributed by atoms with E-state index in [9.17, 15) is 19.8 Å². The van der Waals surface area contributed by atoms with Gasteiger partial charge in [-0.25, -0.2) is 0 Å². The van der Waals surface area contributed by atoms with Crippen molar-refractivity contribution in [3.05, 3.63) is 72.9 Å². The number of aliphatic hydroxyl groups excluding tert-OH is 2. The number of rotatable bonds is 29. The maximum absolute atomic E-state index is 12.1. The number of unbranched alkanes of at least 4 members (excludes halogenated alkanes) is 7. The van der Waals surface area contributed by atoms with E-state index in [1.165, 1.54) is 38.5 Å². The lowest BCUT2D eigenvalue weighted by Gasteiger charge is -2.15. The molecule has 0 aliphatic heterocycles. The van der Waals surface area contributed by atoms with Crippen molar-refractivity contribution in [3.8, 4) is 0 Å². The Morgan fingerprint density at radius 2 is 1.29 bits per heavy atom. The second-order valence-electron chi connectivity index (χ2n) is 11.9. The first-order chi connectivity index (χ1) is 21.9. The fourth-order valence-corrected chi connectivity index (χ4v) is 4.38. The van der Waals surface area contributed by atoms with Crippen molar-refractivity contribution < 1.29 is 29.3 Å². The van der Waals surface area contributed by atoms with Crippen LogP contribution in [0, 0.1) is 5.92 Å². The Bertz CT molecular complexity index is 880. The average Bonchev–Trinajstić information content (AvgIpc) is 3.02. The maximum atomic E-state index is 12.1. The predicted octanol–water partition coefficient (Wildman–Crippen LogP) is 9.44. The normalized spacial score (nSPS) is 13.9. The molecule has 0 saturated carbocycles. The number of hydrogen-bond acceptors (Lipinski definition) is 6. The summed E-state index contributed by atoms with van der Waals surface area (Å²) in [7, 11) is 0. The van der Waals surface area contributed by atoms with Crippen molar-refractivity contribution in [1.29, 1.82) is 0 Å². The van der Waals surface area contributed by atoms with Gasteiger partial charge < -0.3 is 19.7 Å². The van der Waals surface area contributed by atoms with Crippen LogP contribution in [-0.4, -0.2) is 47.6 Å². The van der Waals surface area contributed by atoms with E-state index < -0.39 is 12.2 Å². The fraction of sp³-hybridized carbons (Fsp3) is 0.641. The predicted molar refractivity (Wildman–Crippen MR) is 188 cm³/mol. The topological polar surface area (TPSA) is 93.1 Å². The van der Waals surface area contributed by atoms with Gasteiger partial charge >= 0.3 is 11.9 Å². The molecular formula is C39H64O6. The third kappa shape index (κ3) is 32.5.